The fraction of sp³-hybridized carbons (Fsp3) is 0.105. The van der Waals surface area contributed by atoms with E-state index in [1.165, 1.54) is 12.1 Å². The van der Waals surface area contributed by atoms with Crippen molar-refractivity contribution in [3.05, 3.63) is 78.1 Å². The first-order chi connectivity index (χ1) is 12.6. The zero-order chi connectivity index (χ0) is 19.7. The normalized spacial score (nSPS) is 12.1. The number of rotatable bonds is 0. The molecule has 0 radical (unpaired) electrons. The smallest absolute Gasteiger partial charge is 0.361 e. The molecule has 0 unspecified atom stereocenters. The lowest BCUT2D eigenvalue weighted by Crippen LogP contribution is -2.04. The maximum absolute atomic E-state index is 12.3. The van der Waals surface area contributed by atoms with Crippen molar-refractivity contribution < 1.29 is 26.3 Å². The first-order valence-corrected chi connectivity index (χ1v) is 7.71. The van der Waals surface area contributed by atoms with Crippen LogP contribution >= 0.6 is 0 Å². The van der Waals surface area contributed by atoms with Gasteiger partial charge in [0, 0.05) is 23.3 Å². The highest BCUT2D eigenvalue weighted by Gasteiger charge is 2.31. The molecule has 0 saturated carbocycles. The summed E-state index contributed by atoms with van der Waals surface area (Å²) in [5.74, 6) is 0. The Morgan fingerprint density at radius 3 is 2.00 bits per heavy atom. The Balaban J connectivity index is 0.000000156. The molecule has 4 rings (SSSR count). The number of nitrogens with zero attached hydrogens (tertiary/aromatic N) is 1. The summed E-state index contributed by atoms with van der Waals surface area (Å²) in [6.07, 6.45) is -5.38. The number of benzene rings is 2. The van der Waals surface area contributed by atoms with Gasteiger partial charge in [0.15, 0.2) is 0 Å². The van der Waals surface area contributed by atoms with Crippen molar-refractivity contribution in [2.75, 3.05) is 0 Å². The quantitative estimate of drug-likeness (QED) is 0.348. The standard InChI is InChI=1S/C10H6F3N.C9H6F3N/c11-10(12,13)8-3-4-9-7(6-8)2-1-5-14-9;10-9(11,12)7-1-2-8-6(5-7)3-4-13-8/h1-6H;1-5,13H. The van der Waals surface area contributed by atoms with Crippen molar-refractivity contribution in [3.63, 3.8) is 0 Å². The molecule has 8 heteroatoms. The Bertz CT molecular complexity index is 1060. The molecule has 0 aliphatic heterocycles. The van der Waals surface area contributed by atoms with E-state index in [-0.39, 0.29) is 0 Å². The average Bonchev–Trinajstić information content (AvgIpc) is 3.08. The number of halogens is 6. The number of pyridine rings is 1. The second-order valence-corrected chi connectivity index (χ2v) is 5.69. The largest absolute Gasteiger partial charge is 0.416 e. The van der Waals surface area contributed by atoms with Crippen LogP contribution in [0.2, 0.25) is 0 Å². The van der Waals surface area contributed by atoms with E-state index in [9.17, 15) is 26.3 Å². The van der Waals surface area contributed by atoms with Crippen LogP contribution in [-0.4, -0.2) is 9.97 Å². The van der Waals surface area contributed by atoms with Crippen LogP contribution in [0, 0.1) is 0 Å². The second-order valence-electron chi connectivity index (χ2n) is 5.69. The van der Waals surface area contributed by atoms with Crippen molar-refractivity contribution in [3.8, 4) is 0 Å². The molecule has 2 aromatic carbocycles. The van der Waals surface area contributed by atoms with Gasteiger partial charge in [-0.3, -0.25) is 4.98 Å². The number of nitrogens with one attached hydrogen (secondary N) is 1. The highest BCUT2D eigenvalue weighted by Crippen LogP contribution is 2.31. The summed E-state index contributed by atoms with van der Waals surface area (Å²) in [6.45, 7) is 0. The Hall–Kier alpha value is -3.03. The van der Waals surface area contributed by atoms with Gasteiger partial charge in [0.1, 0.15) is 0 Å². The molecule has 2 nitrogen and oxygen atoms in total. The molecule has 1 N–H and O–H groups in total. The van der Waals surface area contributed by atoms with Crippen LogP contribution in [0.15, 0.2) is 67.0 Å². The Morgan fingerprint density at radius 1 is 0.704 bits per heavy atom. The lowest BCUT2D eigenvalue weighted by molar-refractivity contribution is -0.138. The molecular formula is C19H12F6N2. The van der Waals surface area contributed by atoms with E-state index in [1.54, 1.807) is 30.6 Å². The van der Waals surface area contributed by atoms with Crippen LogP contribution in [0.1, 0.15) is 11.1 Å². The van der Waals surface area contributed by atoms with Gasteiger partial charge in [0.05, 0.1) is 16.6 Å². The molecule has 0 aliphatic carbocycles. The minimum Gasteiger partial charge on any atom is -0.361 e. The molecule has 0 atom stereocenters. The summed E-state index contributed by atoms with van der Waals surface area (Å²) < 4.78 is 73.5. The molecule has 140 valence electrons. The van der Waals surface area contributed by atoms with Crippen LogP contribution in [0.5, 0.6) is 0 Å². The molecule has 0 amide bonds. The van der Waals surface area contributed by atoms with Crippen LogP contribution in [0.25, 0.3) is 21.8 Å². The zero-order valence-corrected chi connectivity index (χ0v) is 13.6. The first-order valence-electron chi connectivity index (χ1n) is 7.71. The third kappa shape index (κ3) is 4.39. The van der Waals surface area contributed by atoms with Crippen LogP contribution in [-0.2, 0) is 12.4 Å². The third-order valence-corrected chi connectivity index (χ3v) is 3.81. The number of aromatic amines is 1. The number of aromatic nitrogens is 2. The molecule has 0 saturated heterocycles. The lowest BCUT2D eigenvalue weighted by atomic mass is 10.1. The highest BCUT2D eigenvalue weighted by atomic mass is 19.4. The van der Waals surface area contributed by atoms with Gasteiger partial charge in [-0.15, -0.1) is 0 Å². The third-order valence-electron chi connectivity index (χ3n) is 3.81. The summed E-state index contributed by atoms with van der Waals surface area (Å²) in [5.41, 5.74) is 0.0334. The molecule has 27 heavy (non-hydrogen) atoms. The molecule has 0 aliphatic rings. The molecule has 4 aromatic rings. The monoisotopic (exact) mass is 382 g/mol. The van der Waals surface area contributed by atoms with Gasteiger partial charge < -0.3 is 4.98 Å². The Morgan fingerprint density at radius 2 is 1.33 bits per heavy atom. The number of alkyl halides is 6. The minimum atomic E-state index is -4.29. The van der Waals surface area contributed by atoms with Gasteiger partial charge in [-0.2, -0.15) is 26.3 Å². The molecule has 0 bridgehead atoms. The van der Waals surface area contributed by atoms with Crippen molar-refractivity contribution in [2.24, 2.45) is 0 Å². The SMILES string of the molecule is FC(F)(F)c1ccc2[nH]ccc2c1.FC(F)(F)c1ccc2ncccc2c1. The summed E-state index contributed by atoms with van der Waals surface area (Å²) in [7, 11) is 0. The summed E-state index contributed by atoms with van der Waals surface area (Å²) in [4.78, 5) is 6.77. The van der Waals surface area contributed by atoms with E-state index in [2.05, 4.69) is 9.97 Å². The average molecular weight is 382 g/mol. The van der Waals surface area contributed by atoms with Crippen LogP contribution < -0.4 is 0 Å². The molecule has 2 aromatic heterocycles. The Labute approximate surface area is 149 Å². The number of H-pyrrole nitrogens is 1. The highest BCUT2D eigenvalue weighted by molar-refractivity contribution is 5.80. The van der Waals surface area contributed by atoms with E-state index in [0.29, 0.717) is 21.8 Å². The van der Waals surface area contributed by atoms with Crippen molar-refractivity contribution in [1.82, 2.24) is 9.97 Å². The topological polar surface area (TPSA) is 28.7 Å². The Kier molecular flexibility index (Phi) is 4.82. The van der Waals surface area contributed by atoms with Gasteiger partial charge in [0.2, 0.25) is 0 Å². The minimum absolute atomic E-state index is 0.502. The van der Waals surface area contributed by atoms with E-state index >= 15 is 0 Å². The second kappa shape index (κ2) is 6.94. The summed E-state index contributed by atoms with van der Waals surface area (Å²) in [6, 6.07) is 12.0. The predicted octanol–water partition coefficient (Wildman–Crippen LogP) is 6.44. The summed E-state index contributed by atoms with van der Waals surface area (Å²) in [5, 5.41) is 1.08. The molecular weight excluding hydrogens is 370 g/mol. The van der Waals surface area contributed by atoms with Crippen molar-refractivity contribution in [2.45, 2.75) is 12.4 Å². The molecule has 0 fully saturated rings. The molecule has 2 heterocycles. The lowest BCUT2D eigenvalue weighted by Gasteiger charge is -2.06. The van der Waals surface area contributed by atoms with Gasteiger partial charge in [-0.1, -0.05) is 6.07 Å². The van der Waals surface area contributed by atoms with E-state index in [4.69, 9.17) is 0 Å². The van der Waals surface area contributed by atoms with Crippen molar-refractivity contribution >= 4 is 21.8 Å². The number of fused-ring (bicyclic) bond motifs is 2. The van der Waals surface area contributed by atoms with Crippen LogP contribution in [0.3, 0.4) is 0 Å². The maximum Gasteiger partial charge on any atom is 0.416 e. The van der Waals surface area contributed by atoms with Gasteiger partial charge in [-0.05, 0) is 53.9 Å². The number of hydrogen-bond donors (Lipinski definition) is 1. The van der Waals surface area contributed by atoms with E-state index < -0.39 is 23.5 Å². The zero-order valence-electron chi connectivity index (χ0n) is 13.6. The molecule has 0 spiro atoms. The van der Waals surface area contributed by atoms with Gasteiger partial charge in [0.25, 0.3) is 0 Å². The fourth-order valence-electron chi connectivity index (χ4n) is 2.48. The first kappa shape index (κ1) is 18.8. The predicted molar refractivity (Wildman–Crippen MR) is 90.0 cm³/mol. The van der Waals surface area contributed by atoms with E-state index in [0.717, 1.165) is 24.3 Å². The van der Waals surface area contributed by atoms with Gasteiger partial charge in [-0.25, -0.2) is 0 Å². The maximum atomic E-state index is 12.3. The van der Waals surface area contributed by atoms with Crippen molar-refractivity contribution in [1.29, 1.82) is 0 Å². The fourth-order valence-corrected chi connectivity index (χ4v) is 2.48. The van der Waals surface area contributed by atoms with Gasteiger partial charge >= 0.3 is 12.4 Å². The number of hydrogen-bond acceptors (Lipinski definition) is 1. The summed E-state index contributed by atoms with van der Waals surface area (Å²) >= 11 is 0. The van der Waals surface area contributed by atoms with Crippen LogP contribution in [0.4, 0.5) is 26.3 Å². The van der Waals surface area contributed by atoms with E-state index in [1.807, 2.05) is 0 Å².